The third kappa shape index (κ3) is 3.45. The summed E-state index contributed by atoms with van der Waals surface area (Å²) in [4.78, 5) is 22.7. The van der Waals surface area contributed by atoms with Gasteiger partial charge in [-0.05, 0) is 38.0 Å². The van der Waals surface area contributed by atoms with Crippen LogP contribution in [-0.4, -0.2) is 17.0 Å². The molecule has 0 aliphatic carbocycles. The molecule has 0 aromatic heterocycles. The van der Waals surface area contributed by atoms with E-state index in [4.69, 9.17) is 5.11 Å². The Morgan fingerprint density at radius 2 is 2.06 bits per heavy atom. The van der Waals surface area contributed by atoms with Crippen LogP contribution in [0.2, 0.25) is 0 Å². The topological polar surface area (TPSA) is 66.4 Å². The molecule has 0 saturated carbocycles. The van der Waals surface area contributed by atoms with Crippen molar-refractivity contribution in [2.24, 2.45) is 0 Å². The molecule has 1 aromatic rings. The van der Waals surface area contributed by atoms with Crippen LogP contribution in [0, 0.1) is 6.92 Å². The fourth-order valence-corrected chi connectivity index (χ4v) is 1.51. The van der Waals surface area contributed by atoms with Gasteiger partial charge in [-0.25, -0.2) is 4.79 Å². The van der Waals surface area contributed by atoms with Crippen LogP contribution in [0.1, 0.15) is 36.2 Å². The maximum Gasteiger partial charge on any atom is 0.335 e. The number of nitrogens with one attached hydrogen (secondary N) is 1. The van der Waals surface area contributed by atoms with Crippen LogP contribution in [0.15, 0.2) is 29.8 Å². The SMILES string of the molecule is CC/C=C(\C)C(=O)Nc1cc(C(=O)O)ccc1C. The zero-order chi connectivity index (χ0) is 13.7. The van der Waals surface area contributed by atoms with Crippen molar-refractivity contribution in [1.29, 1.82) is 0 Å². The maximum absolute atomic E-state index is 11.8. The lowest BCUT2D eigenvalue weighted by Gasteiger charge is -2.09. The van der Waals surface area contributed by atoms with Gasteiger partial charge in [0.1, 0.15) is 0 Å². The summed E-state index contributed by atoms with van der Waals surface area (Å²) in [5.41, 5.74) is 2.15. The lowest BCUT2D eigenvalue weighted by molar-refractivity contribution is -0.112. The van der Waals surface area contributed by atoms with E-state index in [1.54, 1.807) is 13.0 Å². The molecule has 0 atom stereocenters. The molecule has 0 radical (unpaired) electrons. The molecule has 0 aliphatic heterocycles. The molecule has 1 amide bonds. The van der Waals surface area contributed by atoms with Crippen LogP contribution in [0.5, 0.6) is 0 Å². The lowest BCUT2D eigenvalue weighted by Crippen LogP contribution is -2.14. The number of amides is 1. The molecular formula is C14H17NO3. The number of hydrogen-bond donors (Lipinski definition) is 2. The average molecular weight is 247 g/mol. The summed E-state index contributed by atoms with van der Waals surface area (Å²) in [6, 6.07) is 4.66. The van der Waals surface area contributed by atoms with Gasteiger partial charge in [0.05, 0.1) is 5.56 Å². The number of aryl methyl sites for hydroxylation is 1. The number of hydrogen-bond acceptors (Lipinski definition) is 2. The summed E-state index contributed by atoms with van der Waals surface area (Å²) < 4.78 is 0. The molecule has 0 unspecified atom stereocenters. The van der Waals surface area contributed by atoms with Crippen LogP contribution in [0.4, 0.5) is 5.69 Å². The molecule has 0 spiro atoms. The molecular weight excluding hydrogens is 230 g/mol. The van der Waals surface area contributed by atoms with Gasteiger partial charge in [-0.1, -0.05) is 19.1 Å². The second-order valence-corrected chi connectivity index (χ2v) is 4.08. The largest absolute Gasteiger partial charge is 0.478 e. The first-order chi connectivity index (χ1) is 8.45. The molecule has 1 rings (SSSR count). The van der Waals surface area contributed by atoms with Crippen LogP contribution >= 0.6 is 0 Å². The number of carboxylic acid groups (broad SMARTS) is 1. The minimum Gasteiger partial charge on any atom is -0.478 e. The van der Waals surface area contributed by atoms with E-state index in [1.807, 2.05) is 19.9 Å². The Hall–Kier alpha value is -2.10. The zero-order valence-corrected chi connectivity index (χ0v) is 10.8. The van der Waals surface area contributed by atoms with E-state index in [1.165, 1.54) is 12.1 Å². The summed E-state index contributed by atoms with van der Waals surface area (Å²) >= 11 is 0. The molecule has 0 bridgehead atoms. The Bertz CT molecular complexity index is 504. The van der Waals surface area contributed by atoms with Crippen molar-refractivity contribution >= 4 is 17.6 Å². The molecule has 0 fully saturated rings. The monoisotopic (exact) mass is 247 g/mol. The summed E-state index contributed by atoms with van der Waals surface area (Å²) in [5, 5.41) is 11.6. The molecule has 96 valence electrons. The first kappa shape index (κ1) is 14.0. The summed E-state index contributed by atoms with van der Waals surface area (Å²) in [7, 11) is 0. The lowest BCUT2D eigenvalue weighted by atomic mass is 10.1. The summed E-state index contributed by atoms with van der Waals surface area (Å²) in [6.45, 7) is 5.50. The molecule has 4 nitrogen and oxygen atoms in total. The number of rotatable bonds is 4. The van der Waals surface area contributed by atoms with Crippen LogP contribution in [0.25, 0.3) is 0 Å². The fraction of sp³-hybridized carbons (Fsp3) is 0.286. The molecule has 0 saturated heterocycles. The Balaban J connectivity index is 2.97. The Morgan fingerprint density at radius 3 is 2.61 bits per heavy atom. The van der Waals surface area contributed by atoms with E-state index >= 15 is 0 Å². The minimum absolute atomic E-state index is 0.160. The number of allylic oxidation sites excluding steroid dienone is 1. The van der Waals surface area contributed by atoms with Gasteiger partial charge in [0.15, 0.2) is 0 Å². The van der Waals surface area contributed by atoms with Gasteiger partial charge in [-0.15, -0.1) is 0 Å². The second-order valence-electron chi connectivity index (χ2n) is 4.08. The van der Waals surface area contributed by atoms with E-state index in [9.17, 15) is 9.59 Å². The molecule has 0 aliphatic rings. The fourth-order valence-electron chi connectivity index (χ4n) is 1.51. The number of aromatic carboxylic acids is 1. The van der Waals surface area contributed by atoms with E-state index in [0.29, 0.717) is 11.3 Å². The molecule has 0 heterocycles. The van der Waals surface area contributed by atoms with Gasteiger partial charge in [0.25, 0.3) is 5.91 Å². The third-order valence-corrected chi connectivity index (χ3v) is 2.60. The van der Waals surface area contributed by atoms with Crippen molar-refractivity contribution in [3.63, 3.8) is 0 Å². The molecule has 18 heavy (non-hydrogen) atoms. The van der Waals surface area contributed by atoms with Gasteiger partial charge in [0.2, 0.25) is 0 Å². The van der Waals surface area contributed by atoms with Crippen molar-refractivity contribution in [2.45, 2.75) is 27.2 Å². The van der Waals surface area contributed by atoms with Gasteiger partial charge in [-0.3, -0.25) is 4.79 Å². The van der Waals surface area contributed by atoms with E-state index < -0.39 is 5.97 Å². The highest BCUT2D eigenvalue weighted by molar-refractivity contribution is 6.04. The summed E-state index contributed by atoms with van der Waals surface area (Å²) in [5.74, 6) is -1.21. The Kier molecular flexibility index (Phi) is 4.66. The second kappa shape index (κ2) is 6.00. The quantitative estimate of drug-likeness (QED) is 0.804. The number of carbonyl (C=O) groups excluding carboxylic acids is 1. The van der Waals surface area contributed by atoms with Crippen molar-refractivity contribution in [1.82, 2.24) is 0 Å². The predicted molar refractivity (Wildman–Crippen MR) is 70.8 cm³/mol. The van der Waals surface area contributed by atoms with Crippen molar-refractivity contribution in [3.8, 4) is 0 Å². The highest BCUT2D eigenvalue weighted by Gasteiger charge is 2.09. The van der Waals surface area contributed by atoms with Crippen molar-refractivity contribution in [3.05, 3.63) is 41.0 Å². The van der Waals surface area contributed by atoms with Gasteiger partial charge >= 0.3 is 5.97 Å². The number of anilines is 1. The van der Waals surface area contributed by atoms with E-state index in [-0.39, 0.29) is 11.5 Å². The number of carbonyl (C=O) groups is 2. The van der Waals surface area contributed by atoms with Crippen LogP contribution < -0.4 is 5.32 Å². The first-order valence-corrected chi connectivity index (χ1v) is 5.77. The molecule has 2 N–H and O–H groups in total. The van der Waals surface area contributed by atoms with E-state index in [0.717, 1.165) is 12.0 Å². The summed E-state index contributed by atoms with van der Waals surface area (Å²) in [6.07, 6.45) is 2.61. The van der Waals surface area contributed by atoms with Gasteiger partial charge < -0.3 is 10.4 Å². The normalized spacial score (nSPS) is 11.2. The maximum atomic E-state index is 11.8. The minimum atomic E-state index is -1.01. The smallest absolute Gasteiger partial charge is 0.335 e. The van der Waals surface area contributed by atoms with Crippen LogP contribution in [0.3, 0.4) is 0 Å². The zero-order valence-electron chi connectivity index (χ0n) is 10.8. The average Bonchev–Trinajstić information content (AvgIpc) is 2.31. The Labute approximate surface area is 106 Å². The van der Waals surface area contributed by atoms with E-state index in [2.05, 4.69) is 5.32 Å². The number of carboxylic acids is 1. The molecule has 1 aromatic carbocycles. The van der Waals surface area contributed by atoms with Crippen molar-refractivity contribution in [2.75, 3.05) is 5.32 Å². The molecule has 4 heteroatoms. The highest BCUT2D eigenvalue weighted by Crippen LogP contribution is 2.17. The highest BCUT2D eigenvalue weighted by atomic mass is 16.4. The van der Waals surface area contributed by atoms with Gasteiger partial charge in [0, 0.05) is 11.3 Å². The van der Waals surface area contributed by atoms with Gasteiger partial charge in [-0.2, -0.15) is 0 Å². The predicted octanol–water partition coefficient (Wildman–Crippen LogP) is 2.99. The Morgan fingerprint density at radius 1 is 1.39 bits per heavy atom. The van der Waals surface area contributed by atoms with Crippen molar-refractivity contribution < 1.29 is 14.7 Å². The van der Waals surface area contributed by atoms with Crippen LogP contribution in [-0.2, 0) is 4.79 Å². The number of benzene rings is 1. The first-order valence-electron chi connectivity index (χ1n) is 5.77. The third-order valence-electron chi connectivity index (χ3n) is 2.60. The standard InChI is InChI=1S/C14H17NO3/c1-4-5-10(3)13(16)15-12-8-11(14(17)18)7-6-9(12)2/h5-8H,4H2,1-3H3,(H,15,16)(H,17,18)/b10-5+.